The van der Waals surface area contributed by atoms with E-state index >= 15 is 0 Å². The maximum Gasteiger partial charge on any atom is 0.271 e. The number of carbonyl (C=O) groups excluding carboxylic acids is 1. The Labute approximate surface area is 201 Å². The maximum atomic E-state index is 12.1. The summed E-state index contributed by atoms with van der Waals surface area (Å²) in [7, 11) is 1.57. The number of benzene rings is 3. The number of amides is 1. The Kier molecular flexibility index (Phi) is 7.91. The van der Waals surface area contributed by atoms with E-state index in [2.05, 4.69) is 33.1 Å². The summed E-state index contributed by atoms with van der Waals surface area (Å²) in [5.41, 5.74) is 4.56. The monoisotopic (exact) mass is 628 g/mol. The number of halogens is 2. The fourth-order valence-corrected chi connectivity index (χ4v) is 3.20. The molecule has 0 aromatic heterocycles. The minimum Gasteiger partial charge on any atom is -0.507 e. The van der Waals surface area contributed by atoms with Crippen molar-refractivity contribution in [3.05, 3.63) is 84.5 Å². The number of ether oxygens (including phenoxy) is 2. The summed E-state index contributed by atoms with van der Waals surface area (Å²) in [6.07, 6.45) is 1.51. The zero-order valence-corrected chi connectivity index (χ0v) is 20.2. The Morgan fingerprint density at radius 1 is 1.07 bits per heavy atom. The van der Waals surface area contributed by atoms with Gasteiger partial charge in [0.05, 0.1) is 16.9 Å². The molecule has 2 N–H and O–H groups in total. The largest absolute Gasteiger partial charge is 0.507 e. The van der Waals surface area contributed by atoms with E-state index in [-0.39, 0.29) is 5.75 Å². The van der Waals surface area contributed by atoms with Gasteiger partial charge in [-0.1, -0.05) is 12.1 Å². The Hall–Kier alpha value is -2.34. The quantitative estimate of drug-likeness (QED) is 0.221. The lowest BCUT2D eigenvalue weighted by atomic mass is 10.2. The third-order valence-electron chi connectivity index (χ3n) is 4.08. The molecule has 0 fully saturated rings. The van der Waals surface area contributed by atoms with E-state index in [0.717, 1.165) is 11.1 Å². The SMILES string of the molecule is COc1cc(/C=N\NC(=O)c2ccc(I)c(O)c2)ccc1OCc1ccc(I)cc1. The first-order valence-corrected chi connectivity index (χ1v) is 11.0. The predicted molar refractivity (Wildman–Crippen MR) is 132 cm³/mol. The van der Waals surface area contributed by atoms with Crippen molar-refractivity contribution in [2.45, 2.75) is 6.61 Å². The summed E-state index contributed by atoms with van der Waals surface area (Å²) in [4.78, 5) is 12.1. The fourth-order valence-electron chi connectivity index (χ4n) is 2.51. The van der Waals surface area contributed by atoms with Gasteiger partial charge in [0, 0.05) is 9.13 Å². The average Bonchev–Trinajstić information content (AvgIpc) is 2.75. The minimum atomic E-state index is -0.414. The van der Waals surface area contributed by atoms with E-state index in [9.17, 15) is 9.90 Å². The number of nitrogens with zero attached hydrogens (tertiary/aromatic N) is 1. The highest BCUT2D eigenvalue weighted by Crippen LogP contribution is 2.28. The lowest BCUT2D eigenvalue weighted by Gasteiger charge is -2.11. The van der Waals surface area contributed by atoms with Crippen LogP contribution < -0.4 is 14.9 Å². The molecule has 0 radical (unpaired) electrons. The van der Waals surface area contributed by atoms with Gasteiger partial charge in [0.25, 0.3) is 5.91 Å². The second-order valence-electron chi connectivity index (χ2n) is 6.19. The van der Waals surface area contributed by atoms with E-state index in [4.69, 9.17) is 9.47 Å². The number of hydrogen-bond acceptors (Lipinski definition) is 5. The molecule has 0 bridgehead atoms. The van der Waals surface area contributed by atoms with Crippen LogP contribution in [-0.2, 0) is 6.61 Å². The molecule has 3 aromatic rings. The molecule has 0 atom stereocenters. The van der Waals surface area contributed by atoms with Gasteiger partial charge < -0.3 is 14.6 Å². The van der Waals surface area contributed by atoms with Crippen LogP contribution in [-0.4, -0.2) is 24.3 Å². The van der Waals surface area contributed by atoms with Gasteiger partial charge in [-0.15, -0.1) is 0 Å². The number of carbonyl (C=O) groups is 1. The highest BCUT2D eigenvalue weighted by molar-refractivity contribution is 14.1. The van der Waals surface area contributed by atoms with E-state index in [0.29, 0.717) is 27.2 Å². The molecule has 154 valence electrons. The van der Waals surface area contributed by atoms with Crippen molar-refractivity contribution in [2.24, 2.45) is 5.10 Å². The molecule has 8 heteroatoms. The Bertz CT molecular complexity index is 1070. The number of methoxy groups -OCH3 is 1. The van der Waals surface area contributed by atoms with Gasteiger partial charge in [0.2, 0.25) is 0 Å². The van der Waals surface area contributed by atoms with Crippen LogP contribution in [0.3, 0.4) is 0 Å². The van der Waals surface area contributed by atoms with Crippen molar-refractivity contribution in [3.63, 3.8) is 0 Å². The van der Waals surface area contributed by atoms with E-state index in [1.165, 1.54) is 15.9 Å². The minimum absolute atomic E-state index is 0.0535. The van der Waals surface area contributed by atoms with Gasteiger partial charge in [-0.25, -0.2) is 5.43 Å². The number of hydrogen-bond donors (Lipinski definition) is 2. The number of hydrazone groups is 1. The molecule has 3 rings (SSSR count). The first-order chi connectivity index (χ1) is 14.5. The van der Waals surface area contributed by atoms with Crippen LogP contribution in [0, 0.1) is 7.14 Å². The van der Waals surface area contributed by atoms with E-state index < -0.39 is 5.91 Å². The molecule has 0 aliphatic heterocycles. The van der Waals surface area contributed by atoms with Crippen LogP contribution in [0.2, 0.25) is 0 Å². The summed E-state index contributed by atoms with van der Waals surface area (Å²) in [6, 6.07) is 18.2. The molecule has 0 spiro atoms. The van der Waals surface area contributed by atoms with Crippen LogP contribution in [0.4, 0.5) is 0 Å². The Balaban J connectivity index is 1.62. The third-order valence-corrected chi connectivity index (χ3v) is 5.71. The molecule has 3 aromatic carbocycles. The first-order valence-electron chi connectivity index (χ1n) is 8.83. The summed E-state index contributed by atoms with van der Waals surface area (Å²) in [5.74, 6) is 0.824. The molecular weight excluding hydrogens is 610 g/mol. The fraction of sp³-hybridized carbons (Fsp3) is 0.0909. The second-order valence-corrected chi connectivity index (χ2v) is 8.60. The predicted octanol–water partition coefficient (Wildman–Crippen LogP) is 4.95. The topological polar surface area (TPSA) is 80.2 Å². The summed E-state index contributed by atoms with van der Waals surface area (Å²) in [5, 5.41) is 13.7. The summed E-state index contributed by atoms with van der Waals surface area (Å²) < 4.78 is 13.1. The number of nitrogens with one attached hydrogen (secondary N) is 1. The van der Waals surface area contributed by atoms with Crippen molar-refractivity contribution in [3.8, 4) is 17.2 Å². The lowest BCUT2D eigenvalue weighted by molar-refractivity contribution is 0.0954. The molecule has 0 aliphatic carbocycles. The van der Waals surface area contributed by atoms with Crippen molar-refractivity contribution in [1.29, 1.82) is 0 Å². The van der Waals surface area contributed by atoms with Gasteiger partial charge >= 0.3 is 0 Å². The van der Waals surface area contributed by atoms with E-state index in [1.807, 2.05) is 52.9 Å². The van der Waals surface area contributed by atoms with Gasteiger partial charge in [-0.05, 0) is 105 Å². The van der Waals surface area contributed by atoms with Crippen molar-refractivity contribution < 1.29 is 19.4 Å². The molecule has 1 amide bonds. The molecule has 0 unspecified atom stereocenters. The maximum absolute atomic E-state index is 12.1. The first kappa shape index (κ1) is 22.3. The molecular formula is C22H18I2N2O4. The third kappa shape index (κ3) is 6.08. The van der Waals surface area contributed by atoms with Crippen LogP contribution in [0.1, 0.15) is 21.5 Å². The van der Waals surface area contributed by atoms with Crippen LogP contribution in [0.25, 0.3) is 0 Å². The lowest BCUT2D eigenvalue weighted by Crippen LogP contribution is -2.17. The molecule has 0 aliphatic rings. The second kappa shape index (κ2) is 10.6. The molecule has 0 saturated heterocycles. The van der Waals surface area contributed by atoms with Crippen LogP contribution >= 0.6 is 45.2 Å². The Morgan fingerprint density at radius 3 is 2.53 bits per heavy atom. The summed E-state index contributed by atoms with van der Waals surface area (Å²) in [6.45, 7) is 0.430. The molecule has 0 saturated carbocycles. The van der Waals surface area contributed by atoms with Crippen molar-refractivity contribution >= 4 is 57.3 Å². The van der Waals surface area contributed by atoms with Gasteiger partial charge in [0.1, 0.15) is 12.4 Å². The van der Waals surface area contributed by atoms with Gasteiger partial charge in [0.15, 0.2) is 11.5 Å². The van der Waals surface area contributed by atoms with Crippen LogP contribution in [0.5, 0.6) is 17.2 Å². The normalized spacial score (nSPS) is 10.8. The summed E-state index contributed by atoms with van der Waals surface area (Å²) >= 11 is 4.25. The number of phenols is 1. The zero-order chi connectivity index (χ0) is 21.5. The highest BCUT2D eigenvalue weighted by atomic mass is 127. The highest BCUT2D eigenvalue weighted by Gasteiger charge is 2.08. The smallest absolute Gasteiger partial charge is 0.271 e. The Morgan fingerprint density at radius 2 is 1.83 bits per heavy atom. The van der Waals surface area contributed by atoms with Crippen LogP contribution in [0.15, 0.2) is 65.8 Å². The number of rotatable bonds is 7. The average molecular weight is 628 g/mol. The zero-order valence-electron chi connectivity index (χ0n) is 15.9. The molecule has 30 heavy (non-hydrogen) atoms. The van der Waals surface area contributed by atoms with Gasteiger partial charge in [-0.2, -0.15) is 5.10 Å². The standard InChI is InChI=1S/C22H18I2N2O4/c1-29-21-10-15(4-9-20(21)30-13-14-2-6-17(23)7-3-14)12-25-26-22(28)16-5-8-18(24)19(27)11-16/h2-12,27H,13H2,1H3,(H,26,28)/b25-12-. The number of aromatic hydroxyl groups is 1. The van der Waals surface area contributed by atoms with Gasteiger partial charge in [-0.3, -0.25) is 4.79 Å². The number of phenolic OH excluding ortho intramolecular Hbond substituents is 1. The molecule has 6 nitrogen and oxygen atoms in total. The molecule has 0 heterocycles. The van der Waals surface area contributed by atoms with E-state index in [1.54, 1.807) is 31.4 Å². The van der Waals surface area contributed by atoms with Crippen molar-refractivity contribution in [2.75, 3.05) is 7.11 Å². The van der Waals surface area contributed by atoms with Crippen molar-refractivity contribution in [1.82, 2.24) is 5.43 Å².